The van der Waals surface area contributed by atoms with E-state index in [4.69, 9.17) is 5.11 Å². The first kappa shape index (κ1) is 15.3. The molecule has 0 atom stereocenters. The zero-order chi connectivity index (χ0) is 14.6. The largest absolute Gasteiger partial charge is 0.394 e. The number of urea groups is 1. The summed E-state index contributed by atoms with van der Waals surface area (Å²) in [5, 5.41) is 14.6. The van der Waals surface area contributed by atoms with Gasteiger partial charge in [-0.1, -0.05) is 0 Å². The maximum atomic E-state index is 11.8. The highest BCUT2D eigenvalue weighted by atomic mass is 16.3. The van der Waals surface area contributed by atoms with E-state index in [1.54, 1.807) is 13.8 Å². The molecular weight excluding hydrogens is 242 g/mol. The van der Waals surface area contributed by atoms with E-state index in [2.05, 4.69) is 10.6 Å². The summed E-state index contributed by atoms with van der Waals surface area (Å²) >= 11 is 0. The first-order valence-electron chi connectivity index (χ1n) is 6.23. The fraction of sp³-hybridized carbons (Fsp3) is 0.500. The summed E-state index contributed by atoms with van der Waals surface area (Å²) in [6, 6.07) is 5.50. The Morgan fingerprint density at radius 2 is 2.00 bits per heavy atom. The van der Waals surface area contributed by atoms with Gasteiger partial charge in [-0.15, -0.1) is 0 Å². The molecule has 0 saturated heterocycles. The minimum atomic E-state index is -0.637. The smallest absolute Gasteiger partial charge is 0.319 e. The van der Waals surface area contributed by atoms with Crippen molar-refractivity contribution >= 4 is 17.4 Å². The highest BCUT2D eigenvalue weighted by Gasteiger charge is 2.19. The summed E-state index contributed by atoms with van der Waals surface area (Å²) in [4.78, 5) is 13.8. The summed E-state index contributed by atoms with van der Waals surface area (Å²) in [6.07, 6.45) is 0. The number of nitrogens with one attached hydrogen (secondary N) is 2. The van der Waals surface area contributed by atoms with Crippen LogP contribution in [0.15, 0.2) is 18.2 Å². The van der Waals surface area contributed by atoms with Gasteiger partial charge >= 0.3 is 6.03 Å². The number of carbonyl (C=O) groups excluding carboxylic acids is 1. The average Bonchev–Trinajstić information content (AvgIpc) is 2.30. The van der Waals surface area contributed by atoms with E-state index < -0.39 is 5.54 Å². The normalized spacial score (nSPS) is 11.1. The summed E-state index contributed by atoms with van der Waals surface area (Å²) in [5.74, 6) is 0. The minimum absolute atomic E-state index is 0.112. The van der Waals surface area contributed by atoms with Crippen molar-refractivity contribution in [2.45, 2.75) is 26.3 Å². The molecule has 0 saturated carbocycles. The molecule has 1 aromatic rings. The third kappa shape index (κ3) is 4.44. The van der Waals surface area contributed by atoms with Gasteiger partial charge in [0.05, 0.1) is 12.1 Å². The quantitative estimate of drug-likeness (QED) is 0.779. The van der Waals surface area contributed by atoms with E-state index in [-0.39, 0.29) is 12.6 Å². The monoisotopic (exact) mass is 265 g/mol. The number of carbonyl (C=O) groups is 1. The Balaban J connectivity index is 2.75. The summed E-state index contributed by atoms with van der Waals surface area (Å²) in [5.41, 5.74) is 2.20. The number of amides is 2. The highest BCUT2D eigenvalue weighted by molar-refractivity contribution is 5.90. The van der Waals surface area contributed by atoms with Crippen molar-refractivity contribution in [3.8, 4) is 0 Å². The fourth-order valence-electron chi connectivity index (χ4n) is 1.57. The van der Waals surface area contributed by atoms with Crippen LogP contribution < -0.4 is 15.5 Å². The van der Waals surface area contributed by atoms with Gasteiger partial charge in [0.15, 0.2) is 0 Å². The summed E-state index contributed by atoms with van der Waals surface area (Å²) < 4.78 is 0. The van der Waals surface area contributed by atoms with Crippen LogP contribution in [0, 0.1) is 6.92 Å². The Labute approximate surface area is 114 Å². The van der Waals surface area contributed by atoms with E-state index in [1.807, 2.05) is 44.1 Å². The van der Waals surface area contributed by atoms with Gasteiger partial charge in [-0.25, -0.2) is 4.79 Å². The minimum Gasteiger partial charge on any atom is -0.394 e. The van der Waals surface area contributed by atoms with Crippen LogP contribution >= 0.6 is 0 Å². The predicted molar refractivity (Wildman–Crippen MR) is 78.8 cm³/mol. The highest BCUT2D eigenvalue weighted by Crippen LogP contribution is 2.21. The topological polar surface area (TPSA) is 64.6 Å². The zero-order valence-corrected chi connectivity index (χ0v) is 12.2. The molecule has 5 heteroatoms. The molecule has 2 amide bonds. The summed E-state index contributed by atoms with van der Waals surface area (Å²) in [6.45, 7) is 5.35. The molecule has 1 aromatic carbocycles. The predicted octanol–water partition coefficient (Wildman–Crippen LogP) is 1.95. The van der Waals surface area contributed by atoms with E-state index in [9.17, 15) is 4.79 Å². The van der Waals surface area contributed by atoms with Crippen molar-refractivity contribution in [2.75, 3.05) is 30.9 Å². The lowest BCUT2D eigenvalue weighted by Crippen LogP contribution is -2.48. The Kier molecular flexibility index (Phi) is 4.78. The lowest BCUT2D eigenvalue weighted by Gasteiger charge is -2.24. The number of rotatable bonds is 4. The lowest BCUT2D eigenvalue weighted by molar-refractivity contribution is 0.187. The number of nitrogens with zero attached hydrogens (tertiary/aromatic N) is 1. The Bertz CT molecular complexity index is 456. The van der Waals surface area contributed by atoms with Crippen LogP contribution in [0.25, 0.3) is 0 Å². The van der Waals surface area contributed by atoms with E-state index >= 15 is 0 Å². The first-order chi connectivity index (χ1) is 8.75. The van der Waals surface area contributed by atoms with Gasteiger partial charge in [0.2, 0.25) is 0 Å². The van der Waals surface area contributed by atoms with E-state index in [1.165, 1.54) is 0 Å². The molecule has 19 heavy (non-hydrogen) atoms. The van der Waals surface area contributed by atoms with Gasteiger partial charge < -0.3 is 20.6 Å². The van der Waals surface area contributed by atoms with Gasteiger partial charge in [-0.2, -0.15) is 0 Å². The summed E-state index contributed by atoms with van der Waals surface area (Å²) in [7, 11) is 3.94. The number of aliphatic hydroxyl groups is 1. The van der Waals surface area contributed by atoms with Crippen molar-refractivity contribution in [1.29, 1.82) is 0 Å². The van der Waals surface area contributed by atoms with Crippen LogP contribution in [0.4, 0.5) is 16.2 Å². The molecule has 1 rings (SSSR count). The third-order valence-electron chi connectivity index (χ3n) is 2.82. The Hall–Kier alpha value is -1.75. The standard InChI is InChI=1S/C14H23N3O2/c1-10-8-11(17(4)5)6-7-12(10)15-13(19)16-14(2,3)9-18/h6-8,18H,9H2,1-5H3,(H2,15,16,19). The van der Waals surface area contributed by atoms with Crippen LogP contribution in [0.5, 0.6) is 0 Å². The molecule has 5 nitrogen and oxygen atoms in total. The van der Waals surface area contributed by atoms with Crippen LogP contribution in [0.3, 0.4) is 0 Å². The first-order valence-corrected chi connectivity index (χ1v) is 6.23. The maximum absolute atomic E-state index is 11.8. The molecule has 106 valence electrons. The molecule has 0 heterocycles. The average molecular weight is 265 g/mol. The van der Waals surface area contributed by atoms with Crippen LogP contribution in [0.1, 0.15) is 19.4 Å². The van der Waals surface area contributed by atoms with Crippen molar-refractivity contribution in [2.24, 2.45) is 0 Å². The number of anilines is 2. The van der Waals surface area contributed by atoms with Crippen molar-refractivity contribution < 1.29 is 9.90 Å². The number of aliphatic hydroxyl groups excluding tert-OH is 1. The molecule has 0 aromatic heterocycles. The van der Waals surface area contributed by atoms with Gasteiger partial charge in [-0.3, -0.25) is 0 Å². The molecule has 0 aliphatic carbocycles. The third-order valence-corrected chi connectivity index (χ3v) is 2.82. The second-order valence-electron chi connectivity index (χ2n) is 5.51. The number of hydrogen-bond donors (Lipinski definition) is 3. The van der Waals surface area contributed by atoms with Crippen molar-refractivity contribution in [1.82, 2.24) is 5.32 Å². The second kappa shape index (κ2) is 5.93. The van der Waals surface area contributed by atoms with Crippen molar-refractivity contribution in [3.63, 3.8) is 0 Å². The van der Waals surface area contributed by atoms with Gasteiger partial charge in [-0.05, 0) is 44.5 Å². The van der Waals surface area contributed by atoms with Gasteiger partial charge in [0.1, 0.15) is 0 Å². The van der Waals surface area contributed by atoms with Crippen LogP contribution in [0.2, 0.25) is 0 Å². The molecule has 0 unspecified atom stereocenters. The lowest BCUT2D eigenvalue weighted by atomic mass is 10.1. The molecule has 0 aliphatic heterocycles. The van der Waals surface area contributed by atoms with Gasteiger partial charge in [0, 0.05) is 25.5 Å². The van der Waals surface area contributed by atoms with Crippen LogP contribution in [-0.4, -0.2) is 37.4 Å². The molecule has 0 spiro atoms. The van der Waals surface area contributed by atoms with E-state index in [0.717, 1.165) is 16.9 Å². The fourth-order valence-corrected chi connectivity index (χ4v) is 1.57. The zero-order valence-electron chi connectivity index (χ0n) is 12.2. The molecule has 0 fully saturated rings. The molecule has 0 radical (unpaired) electrons. The Morgan fingerprint density at radius 1 is 1.37 bits per heavy atom. The molecule has 0 bridgehead atoms. The second-order valence-corrected chi connectivity index (χ2v) is 5.51. The molecular formula is C14H23N3O2. The number of hydrogen-bond acceptors (Lipinski definition) is 3. The van der Waals surface area contributed by atoms with Crippen LogP contribution in [-0.2, 0) is 0 Å². The molecule has 3 N–H and O–H groups in total. The number of aryl methyl sites for hydroxylation is 1. The van der Waals surface area contributed by atoms with E-state index in [0.29, 0.717) is 0 Å². The SMILES string of the molecule is Cc1cc(N(C)C)ccc1NC(=O)NC(C)(C)CO. The van der Waals surface area contributed by atoms with Crippen molar-refractivity contribution in [3.05, 3.63) is 23.8 Å². The number of benzene rings is 1. The van der Waals surface area contributed by atoms with Gasteiger partial charge in [0.25, 0.3) is 0 Å². The Morgan fingerprint density at radius 3 is 2.47 bits per heavy atom. The maximum Gasteiger partial charge on any atom is 0.319 e. The molecule has 0 aliphatic rings.